The molecule has 3 aliphatic carbocycles. The summed E-state index contributed by atoms with van der Waals surface area (Å²) < 4.78 is 7.87. The van der Waals surface area contributed by atoms with Gasteiger partial charge in [-0.15, -0.1) is 0 Å². The van der Waals surface area contributed by atoms with E-state index in [9.17, 15) is 0 Å². The molecule has 0 bridgehead atoms. The van der Waals surface area contributed by atoms with Gasteiger partial charge >= 0.3 is 217 Å². The first-order valence-corrected chi connectivity index (χ1v) is 23.0. The Kier molecular flexibility index (Phi) is 9.36. The van der Waals surface area contributed by atoms with Crippen LogP contribution in [0.5, 0.6) is 0 Å². The molecule has 0 aromatic heterocycles. The molecular weight excluding hydrogens is 515 g/mol. The molecule has 0 aliphatic heterocycles. The summed E-state index contributed by atoms with van der Waals surface area (Å²) in [6, 6.07) is 9.47. The number of aryl methyl sites for hydroxylation is 1. The van der Waals surface area contributed by atoms with Gasteiger partial charge in [-0.3, -0.25) is 0 Å². The summed E-state index contributed by atoms with van der Waals surface area (Å²) in [5.41, 5.74) is 3.93. The van der Waals surface area contributed by atoms with E-state index >= 15 is 0 Å². The summed E-state index contributed by atoms with van der Waals surface area (Å²) in [7, 11) is 0. The molecule has 0 amide bonds. The third-order valence-electron chi connectivity index (χ3n) is 10.8. The van der Waals surface area contributed by atoms with E-state index in [0.717, 1.165) is 29.6 Å². The summed E-state index contributed by atoms with van der Waals surface area (Å²) in [6.07, 6.45) is 18.7. The molecular formula is C33H54Sn. The van der Waals surface area contributed by atoms with Crippen LogP contribution in [0.2, 0.25) is 13.3 Å². The Balaban J connectivity index is 1.57. The summed E-state index contributed by atoms with van der Waals surface area (Å²) in [6.45, 7) is 12.6. The molecule has 0 heterocycles. The van der Waals surface area contributed by atoms with Crippen LogP contribution in [-0.2, 0) is 6.42 Å². The van der Waals surface area contributed by atoms with Crippen LogP contribution in [0.15, 0.2) is 34.4 Å². The number of unbranched alkanes of at least 4 members (excludes halogenated alkanes) is 3. The number of hydrogen-bond acceptors (Lipinski definition) is 0. The fourth-order valence-electron chi connectivity index (χ4n) is 8.97. The zero-order valence-corrected chi connectivity index (χ0v) is 26.1. The van der Waals surface area contributed by atoms with Gasteiger partial charge in [-0.25, -0.2) is 0 Å². The van der Waals surface area contributed by atoms with Crippen molar-refractivity contribution < 1.29 is 0 Å². The second-order valence-electron chi connectivity index (χ2n) is 12.9. The van der Waals surface area contributed by atoms with Gasteiger partial charge in [-0.1, -0.05) is 0 Å². The van der Waals surface area contributed by atoms with Crippen LogP contribution in [0.4, 0.5) is 0 Å². The number of rotatable bonds is 11. The summed E-state index contributed by atoms with van der Waals surface area (Å²) in [4.78, 5) is 0. The average molecular weight is 570 g/mol. The van der Waals surface area contributed by atoms with Crippen molar-refractivity contribution in [2.75, 3.05) is 0 Å². The fraction of sp³-hybridized carbons (Fsp3) is 0.758. The van der Waals surface area contributed by atoms with E-state index in [1.807, 2.05) is 0 Å². The molecule has 2 saturated carbocycles. The van der Waals surface area contributed by atoms with Gasteiger partial charge in [0, 0.05) is 0 Å². The molecule has 0 N–H and O–H groups in total. The molecule has 3 aliphatic rings. The van der Waals surface area contributed by atoms with Crippen molar-refractivity contribution in [2.45, 2.75) is 124 Å². The molecule has 0 radical (unpaired) electrons. The number of benzene rings is 1. The van der Waals surface area contributed by atoms with Gasteiger partial charge in [0.05, 0.1) is 0 Å². The maximum absolute atomic E-state index is 3.01. The van der Waals surface area contributed by atoms with Crippen LogP contribution < -0.4 is 0 Å². The molecule has 0 saturated heterocycles. The molecule has 1 heteroatoms. The van der Waals surface area contributed by atoms with Crippen molar-refractivity contribution in [2.24, 2.45) is 29.1 Å². The van der Waals surface area contributed by atoms with Gasteiger partial charge in [0.15, 0.2) is 0 Å². The predicted octanol–water partition coefficient (Wildman–Crippen LogP) is 10.3. The molecule has 1 aromatic rings. The summed E-state index contributed by atoms with van der Waals surface area (Å²) in [5, 5.41) is 0. The van der Waals surface area contributed by atoms with E-state index in [1.54, 1.807) is 24.4 Å². The van der Waals surface area contributed by atoms with Crippen molar-refractivity contribution in [3.05, 3.63) is 45.6 Å². The Morgan fingerprint density at radius 2 is 1.56 bits per heavy atom. The number of allylic oxidation sites excluding steroid dienone is 1. The van der Waals surface area contributed by atoms with Gasteiger partial charge in [0.2, 0.25) is 0 Å². The van der Waals surface area contributed by atoms with Crippen LogP contribution in [0.3, 0.4) is 0 Å². The third kappa shape index (κ3) is 5.38. The Morgan fingerprint density at radius 1 is 0.912 bits per heavy atom. The fourth-order valence-corrected chi connectivity index (χ4v) is 23.4. The molecule has 190 valence electrons. The Morgan fingerprint density at radius 3 is 2.21 bits per heavy atom. The monoisotopic (exact) mass is 570 g/mol. The topological polar surface area (TPSA) is 0 Å². The van der Waals surface area contributed by atoms with E-state index in [-0.39, 0.29) is 0 Å². The van der Waals surface area contributed by atoms with E-state index in [4.69, 9.17) is 0 Å². The molecule has 0 unspecified atom stereocenters. The third-order valence-corrected chi connectivity index (χ3v) is 24.9. The zero-order valence-electron chi connectivity index (χ0n) is 23.3. The Bertz CT molecular complexity index is 787. The minimum atomic E-state index is -2.19. The van der Waals surface area contributed by atoms with Gasteiger partial charge in [0.1, 0.15) is 0 Å². The number of fused-ring (bicyclic) bond motifs is 5. The van der Waals surface area contributed by atoms with Crippen LogP contribution in [0.1, 0.15) is 116 Å². The first-order chi connectivity index (χ1) is 16.5. The van der Waals surface area contributed by atoms with Crippen molar-refractivity contribution >= 4 is 18.4 Å². The van der Waals surface area contributed by atoms with E-state index < -0.39 is 18.4 Å². The average Bonchev–Trinajstić information content (AvgIpc) is 3.18. The van der Waals surface area contributed by atoms with E-state index in [0.29, 0.717) is 5.41 Å². The maximum atomic E-state index is 3.01. The molecule has 2 fully saturated rings. The van der Waals surface area contributed by atoms with Crippen molar-refractivity contribution in [1.82, 2.24) is 0 Å². The van der Waals surface area contributed by atoms with Crippen LogP contribution in [0.25, 0.3) is 0 Å². The molecule has 4 rings (SSSR count). The van der Waals surface area contributed by atoms with Crippen molar-refractivity contribution in [1.29, 1.82) is 0 Å². The first kappa shape index (κ1) is 26.8. The van der Waals surface area contributed by atoms with Crippen molar-refractivity contribution in [3.63, 3.8) is 0 Å². The SMILES string of the molecule is CCC[CH2][Sn](/[CH]=C\[C@@H]1CC[C@H]2[C@@H]3CCc4ccccc4[C@H]3[C@@H](C)C[C@]12C)([CH2]CCC)[CH2]CCC. The normalized spacial score (nSPS) is 33.0. The second kappa shape index (κ2) is 11.9. The molecule has 6 atom stereocenters. The van der Waals surface area contributed by atoms with Crippen LogP contribution in [-0.4, -0.2) is 18.4 Å². The van der Waals surface area contributed by atoms with Gasteiger partial charge < -0.3 is 0 Å². The van der Waals surface area contributed by atoms with Crippen molar-refractivity contribution in [3.8, 4) is 0 Å². The predicted molar refractivity (Wildman–Crippen MR) is 153 cm³/mol. The Hall–Kier alpha value is -0.241. The minimum absolute atomic E-state index is 0.543. The summed E-state index contributed by atoms with van der Waals surface area (Å²) in [5.74, 6) is 4.37. The zero-order chi connectivity index (χ0) is 24.2. The van der Waals surface area contributed by atoms with E-state index in [1.165, 1.54) is 70.6 Å². The Labute approximate surface area is 216 Å². The second-order valence-corrected chi connectivity index (χ2v) is 25.9. The molecule has 34 heavy (non-hydrogen) atoms. The van der Waals surface area contributed by atoms with E-state index in [2.05, 4.69) is 69.1 Å². The summed E-state index contributed by atoms with van der Waals surface area (Å²) >= 11 is -2.19. The van der Waals surface area contributed by atoms with Gasteiger partial charge in [-0.2, -0.15) is 0 Å². The first-order valence-electron chi connectivity index (χ1n) is 15.2. The quantitative estimate of drug-likeness (QED) is 0.233. The van der Waals surface area contributed by atoms with Crippen LogP contribution in [0, 0.1) is 29.1 Å². The molecule has 0 spiro atoms. The number of hydrogen-bond donors (Lipinski definition) is 0. The van der Waals surface area contributed by atoms with Gasteiger partial charge in [0.25, 0.3) is 0 Å². The van der Waals surface area contributed by atoms with Crippen LogP contribution >= 0.6 is 0 Å². The standard InChI is InChI=1S/C21H27.3C4H9.Sn/c1-4-16-10-12-19-18-11-9-15-7-5-6-8-17(15)20(18)14(2)13-21(16,19)3;3*1-3-4-2;/h1,4-8,14,16,18-20H,9-13H2,2-3H3;3*1,3-4H2,2H3;/t14-,16+,18-,19-,20+,21+;;;;/m0..../s1. The molecule has 1 aromatic carbocycles. The molecule has 0 nitrogen and oxygen atoms in total. The van der Waals surface area contributed by atoms with Gasteiger partial charge in [-0.05, 0) is 0 Å².